The van der Waals surface area contributed by atoms with E-state index < -0.39 is 22.8 Å². The fraction of sp³-hybridized carbons (Fsp3) is 0.692. The number of aromatic hydroxyl groups is 1. The molecule has 0 heterocycles. The second-order valence-corrected chi connectivity index (χ2v) is 16.8. The number of carboxylic acid groups (broad SMARTS) is 1. The van der Waals surface area contributed by atoms with Gasteiger partial charge in [-0.2, -0.15) is 0 Å². The molecule has 0 spiro atoms. The number of carboxylic acids is 1. The molecule has 0 saturated heterocycles. The predicted octanol–water partition coefficient (Wildman–Crippen LogP) is 8.03. The molecule has 3 N–H and O–H groups in total. The van der Waals surface area contributed by atoms with Gasteiger partial charge >= 0.3 is 11.9 Å². The molecule has 6 heteroatoms. The molecule has 0 aromatic heterocycles. The molecular formula is C39H54O6. The van der Waals surface area contributed by atoms with E-state index in [1.54, 1.807) is 30.3 Å². The number of rotatable bonds is 5. The van der Waals surface area contributed by atoms with Crippen molar-refractivity contribution < 1.29 is 29.6 Å². The van der Waals surface area contributed by atoms with Gasteiger partial charge in [-0.25, -0.2) is 4.79 Å². The Bertz CT molecular complexity index is 1390. The summed E-state index contributed by atoms with van der Waals surface area (Å²) >= 11 is 0. The molecule has 5 aliphatic rings. The predicted molar refractivity (Wildman–Crippen MR) is 175 cm³/mol. The Kier molecular flexibility index (Phi) is 7.90. The first-order valence-corrected chi connectivity index (χ1v) is 17.4. The maximum atomic E-state index is 13.3. The first-order chi connectivity index (χ1) is 21.1. The van der Waals surface area contributed by atoms with Crippen LogP contribution in [0.5, 0.6) is 5.75 Å². The van der Waals surface area contributed by atoms with E-state index in [1.807, 2.05) is 0 Å². The number of phenolic OH excluding ortho intramolecular Hbond substituents is 1. The number of esters is 1. The number of hydrogen-bond donors (Lipinski definition) is 3. The van der Waals surface area contributed by atoms with Gasteiger partial charge < -0.3 is 20.1 Å². The van der Waals surface area contributed by atoms with Gasteiger partial charge in [0.05, 0.1) is 11.5 Å². The molecule has 1 aromatic carbocycles. The fourth-order valence-corrected chi connectivity index (χ4v) is 12.0. The SMILES string of the molecule is C[C@H]1[C@H](C)CC[C@]2(C(=O)O)CC[C@]3(COC(=O)/C=C/c4ccc(O)cc4)C(=CC[C@@H]4[C@@]5(C)CC[C@H](O)C(C)(C)[C@H]5CC[C@]43C)[C@H]12. The molecule has 0 amide bonds. The van der Waals surface area contributed by atoms with Crippen molar-refractivity contribution in [3.8, 4) is 5.75 Å². The van der Waals surface area contributed by atoms with E-state index in [2.05, 4.69) is 47.6 Å². The molecule has 246 valence electrons. The van der Waals surface area contributed by atoms with Crippen molar-refractivity contribution in [3.63, 3.8) is 0 Å². The van der Waals surface area contributed by atoms with Crippen molar-refractivity contribution in [1.29, 1.82) is 0 Å². The van der Waals surface area contributed by atoms with Gasteiger partial charge in [0, 0.05) is 11.5 Å². The Morgan fingerprint density at radius 1 is 0.933 bits per heavy atom. The van der Waals surface area contributed by atoms with Crippen LogP contribution in [0, 0.1) is 56.7 Å². The van der Waals surface area contributed by atoms with Crippen LogP contribution in [-0.2, 0) is 14.3 Å². The van der Waals surface area contributed by atoms with E-state index in [0.29, 0.717) is 37.0 Å². The number of benzene rings is 1. The van der Waals surface area contributed by atoms with Gasteiger partial charge in [-0.1, -0.05) is 65.3 Å². The largest absolute Gasteiger partial charge is 0.508 e. The average Bonchev–Trinajstić information content (AvgIpc) is 2.99. The molecule has 0 unspecified atom stereocenters. The fourth-order valence-electron chi connectivity index (χ4n) is 12.0. The highest BCUT2D eigenvalue weighted by molar-refractivity contribution is 5.87. The van der Waals surface area contributed by atoms with Crippen molar-refractivity contribution >= 4 is 18.0 Å². The van der Waals surface area contributed by atoms with Crippen molar-refractivity contribution in [2.75, 3.05) is 6.61 Å². The first kappa shape index (κ1) is 32.3. The van der Waals surface area contributed by atoms with E-state index in [0.717, 1.165) is 44.1 Å². The number of aliphatic carboxylic acids is 1. The monoisotopic (exact) mass is 618 g/mol. The third-order valence-corrected chi connectivity index (χ3v) is 14.8. The zero-order chi connectivity index (χ0) is 32.6. The number of fused-ring (bicyclic) bond motifs is 7. The summed E-state index contributed by atoms with van der Waals surface area (Å²) in [5, 5.41) is 31.6. The molecule has 5 aliphatic carbocycles. The van der Waals surface area contributed by atoms with Gasteiger partial charge in [-0.05, 0) is 127 Å². The van der Waals surface area contributed by atoms with E-state index in [9.17, 15) is 24.9 Å². The zero-order valence-electron chi connectivity index (χ0n) is 28.1. The summed E-state index contributed by atoms with van der Waals surface area (Å²) in [5.74, 6) is 0.422. The van der Waals surface area contributed by atoms with E-state index in [-0.39, 0.29) is 46.5 Å². The minimum atomic E-state index is -0.773. The molecule has 0 bridgehead atoms. The van der Waals surface area contributed by atoms with Gasteiger partial charge in [0.25, 0.3) is 0 Å². The summed E-state index contributed by atoms with van der Waals surface area (Å²) in [6.45, 7) is 14.2. The van der Waals surface area contributed by atoms with Gasteiger partial charge in [0.1, 0.15) is 12.4 Å². The number of aliphatic hydroxyl groups excluding tert-OH is 1. The smallest absolute Gasteiger partial charge is 0.330 e. The number of allylic oxidation sites excluding steroid dienone is 1. The standard InChI is InChI=1S/C39H54O6/c1-24-15-20-38(34(43)44)21-22-39(23-45-32(42)14-9-26-7-10-27(40)11-8-26)28(33(38)25(24)2)12-13-30-36(5)18-17-31(41)35(3,4)29(36)16-19-37(30,39)6/h7-12,14,24-25,29-31,33,40-41H,13,15-23H2,1-6H3,(H,43,44)/b14-9+/t24-,25+,29-,30-,31+,33+,36+,37-,38+,39+/m1/s1. The lowest BCUT2D eigenvalue weighted by Gasteiger charge is -2.71. The summed E-state index contributed by atoms with van der Waals surface area (Å²) in [7, 11) is 0. The van der Waals surface area contributed by atoms with Crippen LogP contribution in [0.15, 0.2) is 42.0 Å². The Labute approximate surface area is 269 Å². The Morgan fingerprint density at radius 2 is 1.64 bits per heavy atom. The lowest BCUT2D eigenvalue weighted by molar-refractivity contribution is -0.218. The third kappa shape index (κ3) is 4.66. The Balaban J connectivity index is 1.42. The van der Waals surface area contributed by atoms with Crippen molar-refractivity contribution in [3.05, 3.63) is 47.6 Å². The summed E-state index contributed by atoms with van der Waals surface area (Å²) in [4.78, 5) is 26.5. The minimum Gasteiger partial charge on any atom is -0.508 e. The highest BCUT2D eigenvalue weighted by Crippen LogP contribution is 2.76. The topological polar surface area (TPSA) is 104 Å². The Hall–Kier alpha value is -2.60. The molecule has 4 fully saturated rings. The first-order valence-electron chi connectivity index (χ1n) is 17.4. The van der Waals surface area contributed by atoms with Crippen LogP contribution in [-0.4, -0.2) is 40.0 Å². The van der Waals surface area contributed by atoms with Crippen molar-refractivity contribution in [1.82, 2.24) is 0 Å². The molecule has 0 radical (unpaired) electrons. The third-order valence-electron chi connectivity index (χ3n) is 14.8. The normalized spacial score (nSPS) is 43.7. The average molecular weight is 619 g/mol. The van der Waals surface area contributed by atoms with Crippen LogP contribution in [0.4, 0.5) is 0 Å². The van der Waals surface area contributed by atoms with E-state index >= 15 is 0 Å². The van der Waals surface area contributed by atoms with Crippen LogP contribution < -0.4 is 0 Å². The zero-order valence-corrected chi connectivity index (χ0v) is 28.1. The number of ether oxygens (including phenoxy) is 1. The number of carbonyl (C=O) groups excluding carboxylic acids is 1. The maximum Gasteiger partial charge on any atom is 0.330 e. The molecule has 10 atom stereocenters. The second kappa shape index (κ2) is 11.0. The molecular weight excluding hydrogens is 564 g/mol. The lowest BCUT2D eigenvalue weighted by atomic mass is 9.33. The quantitative estimate of drug-likeness (QED) is 0.175. The van der Waals surface area contributed by atoms with Crippen LogP contribution in [0.25, 0.3) is 6.08 Å². The van der Waals surface area contributed by atoms with Gasteiger partial charge in [0.15, 0.2) is 0 Å². The number of hydrogen-bond acceptors (Lipinski definition) is 5. The van der Waals surface area contributed by atoms with Crippen LogP contribution >= 0.6 is 0 Å². The maximum absolute atomic E-state index is 13.3. The Morgan fingerprint density at radius 3 is 2.33 bits per heavy atom. The summed E-state index contributed by atoms with van der Waals surface area (Å²) in [5.41, 5.74) is 0.520. The molecule has 1 aromatic rings. The van der Waals surface area contributed by atoms with Gasteiger partial charge in [0.2, 0.25) is 0 Å². The molecule has 0 aliphatic heterocycles. The van der Waals surface area contributed by atoms with Crippen LogP contribution in [0.1, 0.15) is 105 Å². The molecule has 6 rings (SSSR count). The molecule has 4 saturated carbocycles. The summed E-state index contributed by atoms with van der Waals surface area (Å²) in [6, 6.07) is 6.70. The van der Waals surface area contributed by atoms with Gasteiger partial charge in [-0.3, -0.25) is 4.79 Å². The lowest BCUT2D eigenvalue weighted by Crippen LogP contribution is -2.67. The van der Waals surface area contributed by atoms with Crippen LogP contribution in [0.3, 0.4) is 0 Å². The van der Waals surface area contributed by atoms with Gasteiger partial charge in [-0.15, -0.1) is 0 Å². The molecule has 6 nitrogen and oxygen atoms in total. The van der Waals surface area contributed by atoms with Crippen molar-refractivity contribution in [2.45, 2.75) is 105 Å². The number of phenols is 1. The summed E-state index contributed by atoms with van der Waals surface area (Å²) in [6.07, 6.45) is 12.9. The highest BCUT2D eigenvalue weighted by Gasteiger charge is 2.71. The summed E-state index contributed by atoms with van der Waals surface area (Å²) < 4.78 is 6.26. The van der Waals surface area contributed by atoms with E-state index in [4.69, 9.17) is 4.74 Å². The van der Waals surface area contributed by atoms with Crippen LogP contribution in [0.2, 0.25) is 0 Å². The number of aliphatic hydroxyl groups is 1. The second-order valence-electron chi connectivity index (χ2n) is 16.8. The molecule has 45 heavy (non-hydrogen) atoms. The van der Waals surface area contributed by atoms with E-state index in [1.165, 1.54) is 11.6 Å². The highest BCUT2D eigenvalue weighted by atomic mass is 16.5. The minimum absolute atomic E-state index is 0.0281. The van der Waals surface area contributed by atoms with Crippen molar-refractivity contribution in [2.24, 2.45) is 56.7 Å². The number of carbonyl (C=O) groups is 2.